The number of carbonyl (C=O) groups excluding carboxylic acids is 2. The molecule has 0 atom stereocenters. The maximum Gasteiger partial charge on any atom is 0.194 e. The topological polar surface area (TPSA) is 82.9 Å². The Kier molecular flexibility index (Phi) is 9.01. The van der Waals surface area contributed by atoms with Crippen molar-refractivity contribution in [2.45, 2.75) is 39.5 Å². The lowest BCUT2D eigenvalue weighted by molar-refractivity contribution is -0.117. The van der Waals surface area contributed by atoms with E-state index in [0.717, 1.165) is 50.4 Å². The summed E-state index contributed by atoms with van der Waals surface area (Å²) in [5.74, 6) is -0.220. The van der Waals surface area contributed by atoms with E-state index in [1.807, 2.05) is 24.3 Å². The van der Waals surface area contributed by atoms with Crippen molar-refractivity contribution in [1.82, 2.24) is 10.6 Å². The van der Waals surface area contributed by atoms with E-state index in [4.69, 9.17) is 0 Å². The van der Waals surface area contributed by atoms with Gasteiger partial charge in [-0.15, -0.1) is 0 Å². The molecule has 0 spiro atoms. The van der Waals surface area contributed by atoms with Crippen LogP contribution in [-0.4, -0.2) is 49.2 Å². The molecule has 0 bridgehead atoms. The normalized spacial score (nSPS) is 21.1. The number of allylic oxidation sites excluding steroid dienone is 8. The molecular formula is C26H32N4O2. The zero-order chi connectivity index (χ0) is 22.8. The number of fused-ring (bicyclic) bond motifs is 2. The highest BCUT2D eigenvalue weighted by molar-refractivity contribution is 6.37. The van der Waals surface area contributed by atoms with Gasteiger partial charge >= 0.3 is 0 Å². The molecule has 0 aromatic rings. The lowest BCUT2D eigenvalue weighted by Crippen LogP contribution is -2.29. The lowest BCUT2D eigenvalue weighted by Gasteiger charge is -2.26. The van der Waals surface area contributed by atoms with Crippen LogP contribution >= 0.6 is 0 Å². The average molecular weight is 433 g/mol. The highest BCUT2D eigenvalue weighted by Crippen LogP contribution is 2.35. The maximum absolute atomic E-state index is 13.1. The third-order valence-corrected chi connectivity index (χ3v) is 5.28. The highest BCUT2D eigenvalue weighted by Gasteiger charge is 2.37. The number of carbonyl (C=O) groups is 2. The van der Waals surface area contributed by atoms with Crippen LogP contribution in [0.3, 0.4) is 0 Å². The summed E-state index contributed by atoms with van der Waals surface area (Å²) in [7, 11) is 0. The number of aliphatic imine (C=N–C) groups is 2. The Balaban J connectivity index is 1.70. The SMILES string of the molecule is CCCNCC=CN=C1C=C2C(=O)C3=CCC(=NC=CCNCCC)C=C3C(=O)C2=CC1. The van der Waals surface area contributed by atoms with Crippen molar-refractivity contribution in [3.63, 3.8) is 0 Å². The molecule has 3 rings (SSSR count). The molecule has 1 saturated carbocycles. The van der Waals surface area contributed by atoms with E-state index in [2.05, 4.69) is 34.5 Å². The smallest absolute Gasteiger partial charge is 0.194 e. The third kappa shape index (κ3) is 6.05. The Labute approximate surface area is 190 Å². The van der Waals surface area contributed by atoms with Crippen LogP contribution < -0.4 is 10.6 Å². The minimum Gasteiger partial charge on any atom is -0.313 e. The molecule has 0 heterocycles. The Bertz CT molecular complexity index is 907. The summed E-state index contributed by atoms with van der Waals surface area (Å²) >= 11 is 0. The van der Waals surface area contributed by atoms with Gasteiger partial charge in [-0.1, -0.05) is 38.2 Å². The fourth-order valence-electron chi connectivity index (χ4n) is 3.64. The molecule has 32 heavy (non-hydrogen) atoms. The van der Waals surface area contributed by atoms with Crippen molar-refractivity contribution in [1.29, 1.82) is 0 Å². The van der Waals surface area contributed by atoms with Crippen molar-refractivity contribution in [2.24, 2.45) is 9.98 Å². The summed E-state index contributed by atoms with van der Waals surface area (Å²) in [4.78, 5) is 35.1. The van der Waals surface area contributed by atoms with Crippen LogP contribution in [0.25, 0.3) is 0 Å². The zero-order valence-corrected chi connectivity index (χ0v) is 19.0. The number of hydrogen-bond acceptors (Lipinski definition) is 6. The second kappa shape index (κ2) is 12.2. The Morgan fingerprint density at radius 2 is 1.19 bits per heavy atom. The molecule has 1 fully saturated rings. The number of Topliss-reactive ketones (excluding diaryl/α,β-unsaturated/α-hetero) is 2. The number of nitrogens with one attached hydrogen (secondary N) is 2. The number of hydrogen-bond donors (Lipinski definition) is 2. The second-order valence-corrected chi connectivity index (χ2v) is 7.84. The summed E-state index contributed by atoms with van der Waals surface area (Å²) < 4.78 is 0. The van der Waals surface area contributed by atoms with Gasteiger partial charge in [0.1, 0.15) is 0 Å². The van der Waals surface area contributed by atoms with Gasteiger partial charge in [0.15, 0.2) is 11.6 Å². The first-order valence-electron chi connectivity index (χ1n) is 11.4. The Morgan fingerprint density at radius 1 is 0.750 bits per heavy atom. The van der Waals surface area contributed by atoms with Crippen molar-refractivity contribution in [3.8, 4) is 0 Å². The molecule has 0 aliphatic heterocycles. The molecule has 0 unspecified atom stereocenters. The van der Waals surface area contributed by atoms with Crippen LogP contribution in [0.1, 0.15) is 39.5 Å². The van der Waals surface area contributed by atoms with Gasteiger partial charge in [0, 0.05) is 72.0 Å². The van der Waals surface area contributed by atoms with E-state index in [9.17, 15) is 9.59 Å². The Hall–Kier alpha value is -2.96. The van der Waals surface area contributed by atoms with Gasteiger partial charge in [-0.05, 0) is 38.1 Å². The number of rotatable bonds is 10. The van der Waals surface area contributed by atoms with E-state index < -0.39 is 0 Å². The van der Waals surface area contributed by atoms with Crippen LogP contribution in [0.4, 0.5) is 0 Å². The molecule has 3 aliphatic rings. The van der Waals surface area contributed by atoms with Gasteiger partial charge in [-0.25, -0.2) is 0 Å². The predicted octanol–water partition coefficient (Wildman–Crippen LogP) is 3.56. The number of nitrogens with zero attached hydrogens (tertiary/aromatic N) is 2. The highest BCUT2D eigenvalue weighted by atomic mass is 16.1. The molecule has 2 N–H and O–H groups in total. The maximum atomic E-state index is 13.1. The predicted molar refractivity (Wildman–Crippen MR) is 131 cm³/mol. The average Bonchev–Trinajstić information content (AvgIpc) is 2.82. The van der Waals surface area contributed by atoms with Crippen molar-refractivity contribution >= 4 is 23.0 Å². The van der Waals surface area contributed by atoms with Gasteiger partial charge in [-0.3, -0.25) is 19.6 Å². The minimum atomic E-state index is -0.110. The first-order chi connectivity index (χ1) is 15.7. The summed E-state index contributed by atoms with van der Waals surface area (Å²) in [5.41, 5.74) is 3.42. The Morgan fingerprint density at radius 3 is 1.59 bits per heavy atom. The fourth-order valence-corrected chi connectivity index (χ4v) is 3.64. The monoisotopic (exact) mass is 432 g/mol. The van der Waals surface area contributed by atoms with Gasteiger partial charge in [-0.2, -0.15) is 0 Å². The molecule has 0 aromatic carbocycles. The van der Waals surface area contributed by atoms with Gasteiger partial charge in [0.2, 0.25) is 0 Å². The minimum absolute atomic E-state index is 0.110. The molecular weight excluding hydrogens is 400 g/mol. The molecule has 0 radical (unpaired) electrons. The molecule has 168 valence electrons. The largest absolute Gasteiger partial charge is 0.313 e. The van der Waals surface area contributed by atoms with Crippen molar-refractivity contribution < 1.29 is 9.59 Å². The van der Waals surface area contributed by atoms with E-state index in [1.54, 1.807) is 24.6 Å². The van der Waals surface area contributed by atoms with E-state index >= 15 is 0 Å². The molecule has 0 saturated heterocycles. The van der Waals surface area contributed by atoms with Crippen LogP contribution in [0, 0.1) is 0 Å². The fraction of sp³-hybridized carbons (Fsp3) is 0.385. The molecule has 3 aliphatic carbocycles. The van der Waals surface area contributed by atoms with Gasteiger partial charge in [0.05, 0.1) is 0 Å². The van der Waals surface area contributed by atoms with Crippen molar-refractivity contribution in [3.05, 3.63) is 71.1 Å². The number of ketones is 2. The molecule has 0 aromatic heterocycles. The van der Waals surface area contributed by atoms with Crippen LogP contribution in [-0.2, 0) is 9.59 Å². The van der Waals surface area contributed by atoms with Crippen LogP contribution in [0.2, 0.25) is 0 Å². The third-order valence-electron chi connectivity index (χ3n) is 5.28. The van der Waals surface area contributed by atoms with E-state index in [1.165, 1.54) is 0 Å². The molecule has 6 heteroatoms. The van der Waals surface area contributed by atoms with Crippen LogP contribution in [0.5, 0.6) is 0 Å². The summed E-state index contributed by atoms with van der Waals surface area (Å²) in [6.45, 7) is 7.70. The van der Waals surface area contributed by atoms with Crippen molar-refractivity contribution in [2.75, 3.05) is 26.2 Å². The quantitative estimate of drug-likeness (QED) is 0.517. The first kappa shape index (κ1) is 23.7. The molecule has 0 amide bonds. The molecule has 6 nitrogen and oxygen atoms in total. The first-order valence-corrected chi connectivity index (χ1v) is 11.4. The summed E-state index contributed by atoms with van der Waals surface area (Å²) in [6, 6.07) is 0. The van der Waals surface area contributed by atoms with E-state index in [-0.39, 0.29) is 11.6 Å². The van der Waals surface area contributed by atoms with Crippen LogP contribution in [0.15, 0.2) is 81.1 Å². The summed E-state index contributed by atoms with van der Waals surface area (Å²) in [6.07, 6.45) is 17.8. The lowest BCUT2D eigenvalue weighted by atomic mass is 9.75. The summed E-state index contributed by atoms with van der Waals surface area (Å²) in [5, 5.41) is 6.55. The zero-order valence-electron chi connectivity index (χ0n) is 19.0. The second-order valence-electron chi connectivity index (χ2n) is 7.84. The van der Waals surface area contributed by atoms with E-state index in [0.29, 0.717) is 35.1 Å². The van der Waals surface area contributed by atoms with Gasteiger partial charge in [0.25, 0.3) is 0 Å². The standard InChI is InChI=1S/C26H32N4O2/c1-3-11-27-13-5-15-29-19-7-9-21-23(17-19)25(31)22-10-8-20(18-24(22)26(21)32)30-16-6-14-28-12-4-2/h5-6,9-10,15-18,27-28H,3-4,7-8,11-14H2,1-2H3. The van der Waals surface area contributed by atoms with Gasteiger partial charge < -0.3 is 10.6 Å².